The summed E-state index contributed by atoms with van der Waals surface area (Å²) in [5.74, 6) is -10.1. The van der Waals surface area contributed by atoms with Crippen molar-refractivity contribution in [3.63, 3.8) is 0 Å². The molecule has 0 aliphatic carbocycles. The number of hydrogen-bond acceptors (Lipinski definition) is 18. The number of phenols is 1. The molecule has 3 aliphatic rings. The summed E-state index contributed by atoms with van der Waals surface area (Å²) in [5, 5.41) is 54.1. The monoisotopic (exact) mass is 1540 g/mol. The fourth-order valence-corrected chi connectivity index (χ4v) is 14.6. The van der Waals surface area contributed by atoms with Gasteiger partial charge in [0.05, 0.1) is 18.5 Å². The maximum absolute atomic E-state index is 15.2. The third kappa shape index (κ3) is 23.7. The van der Waals surface area contributed by atoms with Crippen LogP contribution in [0.5, 0.6) is 5.75 Å². The lowest BCUT2D eigenvalue weighted by atomic mass is 10.00. The number of nitrogens with zero attached hydrogens (tertiary/aromatic N) is 5. The van der Waals surface area contributed by atoms with E-state index in [1.54, 1.807) is 80.9 Å². The van der Waals surface area contributed by atoms with Crippen molar-refractivity contribution in [2.75, 3.05) is 38.2 Å². The van der Waals surface area contributed by atoms with Gasteiger partial charge in [0.2, 0.25) is 65.0 Å². The van der Waals surface area contributed by atoms with E-state index in [-0.39, 0.29) is 101 Å². The van der Waals surface area contributed by atoms with Crippen LogP contribution in [0.25, 0.3) is 10.9 Å². The average Bonchev–Trinajstić information content (AvgIpc) is 1.63. The first kappa shape index (κ1) is 85.0. The number of nitrogens with one attached hydrogen (secondary N) is 10. The molecule has 19 N–H and O–H groups in total. The van der Waals surface area contributed by atoms with Gasteiger partial charge in [0.25, 0.3) is 0 Å². The minimum Gasteiger partial charge on any atom is -0.508 e. The van der Waals surface area contributed by atoms with Crippen molar-refractivity contribution in [2.45, 2.75) is 203 Å². The van der Waals surface area contributed by atoms with Crippen molar-refractivity contribution in [1.82, 2.24) is 72.2 Å². The fourth-order valence-electron chi connectivity index (χ4n) is 14.1. The molecular weight excluding hydrogens is 1440 g/mol. The van der Waals surface area contributed by atoms with Crippen LogP contribution in [-0.4, -0.2) is 239 Å². The van der Waals surface area contributed by atoms with E-state index >= 15 is 9.59 Å². The van der Waals surface area contributed by atoms with Crippen LogP contribution in [0.2, 0.25) is 0 Å². The summed E-state index contributed by atoms with van der Waals surface area (Å²) in [6.07, 6.45) is 6.61. The molecule has 0 saturated carbocycles. The number of H-pyrrole nitrogens is 2. The highest BCUT2D eigenvalue weighted by Crippen LogP contribution is 2.28. The van der Waals surface area contributed by atoms with Crippen molar-refractivity contribution in [3.05, 3.63) is 120 Å². The predicted octanol–water partition coefficient (Wildman–Crippen LogP) is 0.0201. The summed E-state index contributed by atoms with van der Waals surface area (Å²) < 4.78 is 0. The highest BCUT2D eigenvalue weighted by Gasteiger charge is 2.46. The molecule has 3 aromatic carbocycles. The summed E-state index contributed by atoms with van der Waals surface area (Å²) >= 11 is 1.37. The number of aromatic hydroxyl groups is 1. The number of thioether (sulfide) groups is 1. The number of likely N-dealkylation sites (tertiary alicyclic amines) is 3. The summed E-state index contributed by atoms with van der Waals surface area (Å²) in [6, 6.07) is 5.94. The first-order valence-corrected chi connectivity index (χ1v) is 38.8. The van der Waals surface area contributed by atoms with Crippen LogP contribution in [-0.2, 0) is 83.2 Å². The summed E-state index contributed by atoms with van der Waals surface area (Å²) in [7, 11) is 0. The van der Waals surface area contributed by atoms with Gasteiger partial charge in [-0.3, -0.25) is 57.7 Å². The second-order valence-corrected chi connectivity index (χ2v) is 30.1. The smallest absolute Gasteiger partial charge is 0.326 e. The van der Waals surface area contributed by atoms with Crippen molar-refractivity contribution in [3.8, 4) is 5.75 Å². The molecule has 34 heteroatoms. The number of carbonyl (C=O) groups excluding carboxylic acids is 11. The molecule has 8 rings (SSSR count). The number of para-hydroxylation sites is 1. The maximum Gasteiger partial charge on any atom is 0.326 e. The first-order chi connectivity index (χ1) is 52.5. The van der Waals surface area contributed by atoms with Gasteiger partial charge in [0.1, 0.15) is 72.2 Å². The molecule has 5 heterocycles. The van der Waals surface area contributed by atoms with Crippen LogP contribution in [0.15, 0.2) is 103 Å². The van der Waals surface area contributed by atoms with E-state index in [0.717, 1.165) is 0 Å². The number of carboxylic acids is 1. The highest BCUT2D eigenvalue weighted by atomic mass is 32.2. The van der Waals surface area contributed by atoms with Gasteiger partial charge in [-0.15, -0.1) is 0 Å². The minimum atomic E-state index is -1.84. The molecule has 2 aromatic heterocycles. The summed E-state index contributed by atoms with van der Waals surface area (Å²) in [5.41, 5.74) is 20.2. The van der Waals surface area contributed by atoms with Crippen molar-refractivity contribution >= 4 is 99.6 Å². The number of aliphatic hydroxyl groups is 1. The molecule has 3 aliphatic heterocycles. The van der Waals surface area contributed by atoms with Crippen molar-refractivity contribution in [2.24, 2.45) is 34.0 Å². The third-order valence-corrected chi connectivity index (χ3v) is 20.5. The Labute approximate surface area is 642 Å². The Kier molecular flexibility index (Phi) is 31.5. The van der Waals surface area contributed by atoms with Gasteiger partial charge in [-0.1, -0.05) is 88.4 Å². The maximum atomic E-state index is 15.2. The molecule has 0 radical (unpaired) electrons. The predicted molar refractivity (Wildman–Crippen MR) is 410 cm³/mol. The molecule has 13 atom stereocenters. The molecule has 3 fully saturated rings. The lowest BCUT2D eigenvalue weighted by molar-refractivity contribution is -0.148. The zero-order valence-electron chi connectivity index (χ0n) is 62.9. The van der Waals surface area contributed by atoms with E-state index in [0.29, 0.717) is 77.7 Å². The number of benzene rings is 3. The van der Waals surface area contributed by atoms with E-state index in [4.69, 9.17) is 17.2 Å². The number of aliphatic imine (C=N–C) groups is 1. The van der Waals surface area contributed by atoms with Crippen LogP contribution < -0.4 is 59.7 Å². The van der Waals surface area contributed by atoms with Gasteiger partial charge in [0.15, 0.2) is 5.96 Å². The van der Waals surface area contributed by atoms with E-state index in [2.05, 4.69) is 62.5 Å². The first-order valence-electron chi connectivity index (χ1n) is 37.4. The van der Waals surface area contributed by atoms with Gasteiger partial charge in [-0.05, 0) is 130 Å². The molecular formula is C76H106N18O15S. The Morgan fingerprint density at radius 3 is 1.73 bits per heavy atom. The standard InChI is InChI=1S/C76H106N18O15S/c1-42(2)34-51(77)72(105)92-30-13-21-59(92)69(102)88-57(38-48-40-80-41-83-48)73(106)94-32-15-23-61(94)74(107)93-31-14-22-60(93)68(101)84-54(28-33-110-6)64(97)86-55(35-46-24-26-49(96)27-25-46)66(99)87-56(37-47-39-82-52-19-11-10-18-50(47)52)67(100)91-63(44(5)95)71(104)85-53(20-12-29-81-76(78)79)65(98)90-62(43(3)4)70(103)89-58(75(108)109)36-45-16-8-7-9-17-45/h7-11,16-19,24-27,39-44,51,53-63,82,95-96H,12-15,20-23,28-38,77H2,1-6H3,(H,80,83)(H,84,101)(H,85,104)(H,86,97)(H,87,99)(H,88,102)(H,89,103)(H,90,98)(H,91,100)(H,108,109)(H4,78,79,81)/t44-,51+,53+,54+,55+,56+,57+,58+,59+,60+,61+,62+,63+/m1/s1. The topological polar surface area (TPSA) is 506 Å². The van der Waals surface area contributed by atoms with E-state index < -0.39 is 150 Å². The quantitative estimate of drug-likeness (QED) is 0.0140. The molecule has 596 valence electrons. The van der Waals surface area contributed by atoms with E-state index in [1.807, 2.05) is 13.8 Å². The molecule has 11 amide bonds. The lowest BCUT2D eigenvalue weighted by Gasteiger charge is -2.34. The molecule has 0 bridgehead atoms. The second kappa shape index (κ2) is 40.7. The minimum absolute atomic E-state index is 0.0138. The number of imidazole rings is 1. The summed E-state index contributed by atoms with van der Waals surface area (Å²) in [4.78, 5) is 192. The summed E-state index contributed by atoms with van der Waals surface area (Å²) in [6.45, 7) is 8.93. The number of guanidine groups is 1. The third-order valence-electron chi connectivity index (χ3n) is 19.9. The number of hydrogen-bond donors (Lipinski definition) is 16. The number of aliphatic carboxylic acids is 1. The normalized spacial score (nSPS) is 18.3. The highest BCUT2D eigenvalue weighted by molar-refractivity contribution is 7.98. The van der Waals surface area contributed by atoms with E-state index in [9.17, 15) is 63.3 Å². The van der Waals surface area contributed by atoms with Crippen LogP contribution >= 0.6 is 11.8 Å². The van der Waals surface area contributed by atoms with Crippen molar-refractivity contribution in [1.29, 1.82) is 0 Å². The molecule has 0 unspecified atom stereocenters. The largest absolute Gasteiger partial charge is 0.508 e. The van der Waals surface area contributed by atoms with Gasteiger partial charge in [0, 0.05) is 80.9 Å². The molecule has 33 nitrogen and oxygen atoms in total. The number of aromatic amines is 2. The zero-order chi connectivity index (χ0) is 79.9. The molecule has 5 aromatic rings. The second-order valence-electron chi connectivity index (χ2n) is 29.1. The zero-order valence-corrected chi connectivity index (χ0v) is 63.8. The molecule has 3 saturated heterocycles. The van der Waals surface area contributed by atoms with Crippen LogP contribution in [0.4, 0.5) is 0 Å². The fraction of sp³-hybridized carbons (Fsp3) is 0.526. The number of aliphatic hydroxyl groups excluding tert-OH is 1. The average molecular weight is 1540 g/mol. The number of amides is 11. The number of fused-ring (bicyclic) bond motifs is 1. The van der Waals surface area contributed by atoms with Gasteiger partial charge in [-0.2, -0.15) is 11.8 Å². The number of rotatable bonds is 39. The van der Waals surface area contributed by atoms with Crippen molar-refractivity contribution < 1.29 is 72.9 Å². The number of aromatic nitrogens is 3. The Balaban J connectivity index is 1.00. The molecule has 110 heavy (non-hydrogen) atoms. The van der Waals surface area contributed by atoms with Crippen LogP contribution in [0.1, 0.15) is 121 Å². The van der Waals surface area contributed by atoms with Crippen LogP contribution in [0, 0.1) is 11.8 Å². The Hall–Kier alpha value is -10.6. The Morgan fingerprint density at radius 2 is 1.11 bits per heavy atom. The van der Waals surface area contributed by atoms with Gasteiger partial charge in [-0.25, -0.2) is 9.78 Å². The van der Waals surface area contributed by atoms with Gasteiger partial charge >= 0.3 is 5.97 Å². The number of phenolic OH excluding ortho intramolecular Hbond substituents is 1. The number of nitrogens with two attached hydrogens (primary N) is 3. The number of carboxylic acid groups (broad SMARTS) is 1. The lowest BCUT2D eigenvalue weighted by Crippen LogP contribution is -2.62. The van der Waals surface area contributed by atoms with Gasteiger partial charge < -0.3 is 99.7 Å². The number of carbonyl (C=O) groups is 12. The Morgan fingerprint density at radius 1 is 0.582 bits per heavy atom. The van der Waals surface area contributed by atoms with Crippen LogP contribution in [0.3, 0.4) is 0 Å². The van der Waals surface area contributed by atoms with E-state index in [1.165, 1.54) is 70.2 Å². The molecule has 0 spiro atoms. The SMILES string of the molecule is CSCC[C@H](NC(=O)[C@@H]1CCCN1C(=O)[C@@H]1CCCN1C(=O)[C@H](Cc1cnc[nH]1)NC(=O)[C@@H]1CCCN1C(=O)[C@@H](N)CC(C)C)C(=O)N[C@@H](Cc1ccc(O)cc1)C(=O)N[C@@H](Cc1c[nH]c2ccccc12)C(=O)N[C@H](C(=O)N[C@@H](CCCN=C(N)N)C(=O)N[C@H](C(=O)N[C@@H](Cc1ccccc1)C(=O)O)C(C)C)[C@@H](C)O. The Bertz CT molecular complexity index is 4030.